The van der Waals surface area contributed by atoms with Gasteiger partial charge in [0.2, 0.25) is 0 Å². The number of aromatic nitrogens is 1. The van der Waals surface area contributed by atoms with E-state index in [0.717, 1.165) is 5.69 Å². The Morgan fingerprint density at radius 2 is 2.04 bits per heavy atom. The van der Waals surface area contributed by atoms with E-state index >= 15 is 0 Å². The lowest BCUT2D eigenvalue weighted by Crippen LogP contribution is -2.33. The number of ether oxygens (including phenoxy) is 1. The molecule has 0 N–H and O–H groups in total. The lowest BCUT2D eigenvalue weighted by Gasteiger charge is -2.18. The molecule has 2 rings (SSSR count). The summed E-state index contributed by atoms with van der Waals surface area (Å²) in [5.74, 6) is 0.342. The molecule has 0 aliphatic rings. The maximum atomic E-state index is 12.4. The van der Waals surface area contributed by atoms with Crippen LogP contribution in [0, 0.1) is 6.92 Å². The van der Waals surface area contributed by atoms with Crippen molar-refractivity contribution in [1.82, 2.24) is 9.47 Å². The van der Waals surface area contributed by atoms with Crippen LogP contribution in [0.25, 0.3) is 0 Å². The molecule has 5 nitrogen and oxygen atoms in total. The monoisotopic (exact) mass is 348 g/mol. The van der Waals surface area contributed by atoms with Crippen molar-refractivity contribution in [3.05, 3.63) is 63.0 Å². The van der Waals surface area contributed by atoms with E-state index < -0.39 is 0 Å². The number of rotatable bonds is 6. The molecule has 0 fully saturated rings. The minimum absolute atomic E-state index is 0.178. The zero-order chi connectivity index (χ0) is 17.7. The second-order valence-corrected chi connectivity index (χ2v) is 6.07. The molecule has 1 aromatic carbocycles. The van der Waals surface area contributed by atoms with Crippen LogP contribution in [-0.4, -0.2) is 35.6 Å². The molecule has 0 atom stereocenters. The van der Waals surface area contributed by atoms with Crippen molar-refractivity contribution in [1.29, 1.82) is 0 Å². The number of carbonyl (C=O) groups is 1. The fourth-order valence-electron chi connectivity index (χ4n) is 2.24. The summed E-state index contributed by atoms with van der Waals surface area (Å²) in [4.78, 5) is 25.9. The standard InChI is InChI=1S/C18H21ClN2O3/c1-13-11-16(22)14(12-21(13)3)18(23)20(2)9-6-10-24-17-8-5-4-7-15(17)19/h4-5,7-8,11-12H,6,9-10H2,1-3H3. The topological polar surface area (TPSA) is 51.5 Å². The highest BCUT2D eigenvalue weighted by Crippen LogP contribution is 2.23. The number of amides is 1. The summed E-state index contributed by atoms with van der Waals surface area (Å²) in [7, 11) is 3.49. The zero-order valence-electron chi connectivity index (χ0n) is 14.1. The number of para-hydroxylation sites is 1. The maximum Gasteiger partial charge on any atom is 0.259 e. The van der Waals surface area contributed by atoms with E-state index in [0.29, 0.717) is 30.3 Å². The Balaban J connectivity index is 1.90. The van der Waals surface area contributed by atoms with Gasteiger partial charge in [0.05, 0.1) is 11.6 Å². The molecule has 6 heteroatoms. The number of hydrogen-bond acceptors (Lipinski definition) is 3. The minimum Gasteiger partial charge on any atom is -0.492 e. The summed E-state index contributed by atoms with van der Waals surface area (Å²) in [6.45, 7) is 2.75. The number of benzene rings is 1. The summed E-state index contributed by atoms with van der Waals surface area (Å²) < 4.78 is 7.36. The second-order valence-electron chi connectivity index (χ2n) is 5.66. The molecule has 0 aliphatic carbocycles. The van der Waals surface area contributed by atoms with Gasteiger partial charge >= 0.3 is 0 Å². The second kappa shape index (κ2) is 8.02. The van der Waals surface area contributed by atoms with Crippen molar-refractivity contribution in [2.24, 2.45) is 7.05 Å². The third-order valence-corrected chi connectivity index (χ3v) is 4.11. The van der Waals surface area contributed by atoms with Gasteiger partial charge in [-0.25, -0.2) is 0 Å². The van der Waals surface area contributed by atoms with E-state index in [1.54, 1.807) is 29.9 Å². The SMILES string of the molecule is Cc1cc(=O)c(C(=O)N(C)CCCOc2ccccc2Cl)cn1C. The molecule has 0 spiro atoms. The molecule has 0 aliphatic heterocycles. The van der Waals surface area contributed by atoms with E-state index in [2.05, 4.69) is 0 Å². The maximum absolute atomic E-state index is 12.4. The van der Waals surface area contributed by atoms with Crippen LogP contribution in [0.4, 0.5) is 0 Å². The van der Waals surface area contributed by atoms with Gasteiger partial charge in [0.15, 0.2) is 5.43 Å². The molecule has 0 bridgehead atoms. The van der Waals surface area contributed by atoms with Crippen LogP contribution in [0.1, 0.15) is 22.5 Å². The zero-order valence-corrected chi connectivity index (χ0v) is 14.8. The first kappa shape index (κ1) is 18.1. The van der Waals surface area contributed by atoms with E-state index in [1.165, 1.54) is 11.0 Å². The molecule has 0 radical (unpaired) electrons. The minimum atomic E-state index is -0.284. The Hall–Kier alpha value is -2.27. The van der Waals surface area contributed by atoms with Crippen molar-refractivity contribution in [2.45, 2.75) is 13.3 Å². The predicted octanol–water partition coefficient (Wildman–Crippen LogP) is 2.89. The fraction of sp³-hybridized carbons (Fsp3) is 0.333. The largest absolute Gasteiger partial charge is 0.492 e. The number of nitrogens with zero attached hydrogens (tertiary/aromatic N) is 2. The van der Waals surface area contributed by atoms with Gasteiger partial charge in [0.1, 0.15) is 11.3 Å². The van der Waals surface area contributed by atoms with Crippen molar-refractivity contribution in [3.63, 3.8) is 0 Å². The van der Waals surface area contributed by atoms with Gasteiger partial charge in [-0.05, 0) is 25.5 Å². The summed E-state index contributed by atoms with van der Waals surface area (Å²) in [6, 6.07) is 8.72. The van der Waals surface area contributed by atoms with Crippen LogP contribution in [-0.2, 0) is 7.05 Å². The van der Waals surface area contributed by atoms with Gasteiger partial charge in [-0.2, -0.15) is 0 Å². The molecule has 1 aromatic heterocycles. The van der Waals surface area contributed by atoms with Gasteiger partial charge in [-0.1, -0.05) is 23.7 Å². The number of hydrogen-bond donors (Lipinski definition) is 0. The molecule has 24 heavy (non-hydrogen) atoms. The number of halogens is 1. The van der Waals surface area contributed by atoms with Crippen LogP contribution in [0.2, 0.25) is 5.02 Å². The van der Waals surface area contributed by atoms with E-state index in [-0.39, 0.29) is 16.9 Å². The lowest BCUT2D eigenvalue weighted by atomic mass is 10.2. The molecular formula is C18H21ClN2O3. The summed E-state index contributed by atoms with van der Waals surface area (Å²) in [6.07, 6.45) is 2.22. The fourth-order valence-corrected chi connectivity index (χ4v) is 2.43. The van der Waals surface area contributed by atoms with Crippen LogP contribution in [0.15, 0.2) is 41.3 Å². The number of pyridine rings is 1. The molecule has 0 unspecified atom stereocenters. The molecular weight excluding hydrogens is 328 g/mol. The molecule has 1 heterocycles. The Bertz CT molecular complexity index is 786. The summed E-state index contributed by atoms with van der Waals surface area (Å²) in [5.41, 5.74) is 0.736. The number of carbonyl (C=O) groups excluding carboxylic acids is 1. The van der Waals surface area contributed by atoms with E-state index in [9.17, 15) is 9.59 Å². The highest BCUT2D eigenvalue weighted by molar-refractivity contribution is 6.32. The Morgan fingerprint density at radius 1 is 1.33 bits per heavy atom. The van der Waals surface area contributed by atoms with Crippen LogP contribution >= 0.6 is 11.6 Å². The van der Waals surface area contributed by atoms with Crippen molar-refractivity contribution in [3.8, 4) is 5.75 Å². The van der Waals surface area contributed by atoms with E-state index in [4.69, 9.17) is 16.3 Å². The Labute approximate surface area is 146 Å². The average Bonchev–Trinajstić information content (AvgIpc) is 2.55. The highest BCUT2D eigenvalue weighted by atomic mass is 35.5. The molecule has 0 saturated heterocycles. The molecule has 2 aromatic rings. The number of aryl methyl sites for hydroxylation is 2. The van der Waals surface area contributed by atoms with Crippen LogP contribution in [0.3, 0.4) is 0 Å². The van der Waals surface area contributed by atoms with Crippen molar-refractivity contribution >= 4 is 17.5 Å². The normalized spacial score (nSPS) is 10.5. The van der Waals surface area contributed by atoms with Crippen molar-refractivity contribution in [2.75, 3.05) is 20.2 Å². The van der Waals surface area contributed by atoms with Gasteiger partial charge < -0.3 is 14.2 Å². The molecule has 128 valence electrons. The van der Waals surface area contributed by atoms with Crippen LogP contribution < -0.4 is 10.2 Å². The van der Waals surface area contributed by atoms with Crippen molar-refractivity contribution < 1.29 is 9.53 Å². The lowest BCUT2D eigenvalue weighted by molar-refractivity contribution is 0.0785. The van der Waals surface area contributed by atoms with E-state index in [1.807, 2.05) is 26.1 Å². The third kappa shape index (κ3) is 4.38. The van der Waals surface area contributed by atoms with Crippen LogP contribution in [0.5, 0.6) is 5.75 Å². The van der Waals surface area contributed by atoms with Gasteiger partial charge in [0.25, 0.3) is 5.91 Å². The van der Waals surface area contributed by atoms with Gasteiger partial charge in [-0.15, -0.1) is 0 Å². The van der Waals surface area contributed by atoms with Gasteiger partial charge in [0, 0.05) is 38.6 Å². The first-order valence-corrected chi connectivity index (χ1v) is 8.08. The Morgan fingerprint density at radius 3 is 2.75 bits per heavy atom. The third-order valence-electron chi connectivity index (χ3n) is 3.79. The van der Waals surface area contributed by atoms with Gasteiger partial charge in [-0.3, -0.25) is 9.59 Å². The smallest absolute Gasteiger partial charge is 0.259 e. The first-order valence-electron chi connectivity index (χ1n) is 7.70. The first-order chi connectivity index (χ1) is 11.4. The predicted molar refractivity (Wildman–Crippen MR) is 94.9 cm³/mol. The quantitative estimate of drug-likeness (QED) is 0.754. The molecule has 1 amide bonds. The highest BCUT2D eigenvalue weighted by Gasteiger charge is 2.16. The average molecular weight is 349 g/mol. The Kier molecular flexibility index (Phi) is 6.04. The summed E-state index contributed by atoms with van der Waals surface area (Å²) in [5, 5.41) is 0.560. The summed E-state index contributed by atoms with van der Waals surface area (Å²) >= 11 is 6.01. The molecule has 0 saturated carbocycles.